The van der Waals surface area contributed by atoms with Gasteiger partial charge in [0.05, 0.1) is 0 Å². The predicted molar refractivity (Wildman–Crippen MR) is 161 cm³/mol. The van der Waals surface area contributed by atoms with E-state index in [-0.39, 0.29) is 0 Å². The van der Waals surface area contributed by atoms with Crippen LogP contribution in [0.15, 0.2) is 127 Å². The van der Waals surface area contributed by atoms with Gasteiger partial charge in [-0.2, -0.15) is 0 Å². The molecule has 0 unspecified atom stereocenters. The maximum Gasteiger partial charge on any atom is -0.00205 e. The Bertz CT molecular complexity index is 2150. The van der Waals surface area contributed by atoms with Crippen molar-refractivity contribution < 1.29 is 0 Å². The van der Waals surface area contributed by atoms with Crippen LogP contribution in [0.25, 0.3) is 76.1 Å². The molecule has 0 fully saturated rings. The quantitative estimate of drug-likeness (QED) is 0.221. The molecule has 0 atom stereocenters. The van der Waals surface area contributed by atoms with E-state index in [0.717, 1.165) is 0 Å². The van der Waals surface area contributed by atoms with Gasteiger partial charge in [-0.15, -0.1) is 0 Å². The van der Waals surface area contributed by atoms with E-state index in [2.05, 4.69) is 134 Å². The summed E-state index contributed by atoms with van der Waals surface area (Å²) in [5.41, 5.74) is 6.40. The Morgan fingerprint density at radius 1 is 0.351 bits per heavy atom. The molecule has 172 valence electrons. The Hall–Kier alpha value is -4.68. The highest BCUT2D eigenvalue weighted by molar-refractivity contribution is 6.26. The van der Waals surface area contributed by atoms with Crippen LogP contribution in [-0.4, -0.2) is 0 Å². The summed E-state index contributed by atoms with van der Waals surface area (Å²) >= 11 is 0. The van der Waals surface area contributed by atoms with Crippen LogP contribution >= 0.6 is 0 Å². The maximum absolute atomic E-state index is 2.34. The summed E-state index contributed by atoms with van der Waals surface area (Å²) in [4.78, 5) is 0. The van der Waals surface area contributed by atoms with Crippen molar-refractivity contribution in [1.29, 1.82) is 0 Å². The lowest BCUT2D eigenvalue weighted by Gasteiger charge is -2.15. The predicted octanol–water partition coefficient (Wildman–Crippen LogP) is 10.5. The highest BCUT2D eigenvalue weighted by Gasteiger charge is 2.13. The minimum absolute atomic E-state index is 1.25. The molecule has 8 aromatic carbocycles. The van der Waals surface area contributed by atoms with E-state index < -0.39 is 0 Å². The second-order valence-corrected chi connectivity index (χ2v) is 10.3. The van der Waals surface area contributed by atoms with Crippen LogP contribution in [0, 0.1) is 6.92 Å². The molecule has 0 radical (unpaired) electrons. The molecule has 0 aromatic heterocycles. The number of hydrogen-bond acceptors (Lipinski definition) is 0. The summed E-state index contributed by atoms with van der Waals surface area (Å²) in [6, 6.07) is 47.2. The lowest BCUT2D eigenvalue weighted by molar-refractivity contribution is 1.55. The van der Waals surface area contributed by atoms with Gasteiger partial charge in [-0.3, -0.25) is 0 Å². The highest BCUT2D eigenvalue weighted by atomic mass is 14.2. The first-order valence-corrected chi connectivity index (χ1v) is 12.9. The van der Waals surface area contributed by atoms with E-state index in [1.807, 2.05) is 0 Å². The standard InChI is InChI=1S/C37H24/c1-23-6-7-25-16-19-35-34(18-15-26-14-17-33(23)36(25)37(26)35)32-13-12-30-21-29(10-11-31(30)22-32)28-9-8-24-4-2-3-5-27(24)20-28/h2-22H,1H3. The van der Waals surface area contributed by atoms with Crippen molar-refractivity contribution >= 4 is 53.9 Å². The van der Waals surface area contributed by atoms with Crippen LogP contribution < -0.4 is 0 Å². The summed E-state index contributed by atoms with van der Waals surface area (Å²) in [7, 11) is 0. The van der Waals surface area contributed by atoms with Crippen molar-refractivity contribution in [3.63, 3.8) is 0 Å². The zero-order chi connectivity index (χ0) is 24.5. The molecule has 37 heavy (non-hydrogen) atoms. The molecule has 0 aliphatic carbocycles. The molecule has 0 aliphatic rings. The minimum atomic E-state index is 1.25. The molecule has 0 N–H and O–H groups in total. The fourth-order valence-corrected chi connectivity index (χ4v) is 6.16. The molecule has 0 heteroatoms. The second kappa shape index (κ2) is 7.66. The van der Waals surface area contributed by atoms with Gasteiger partial charge in [0, 0.05) is 0 Å². The van der Waals surface area contributed by atoms with Crippen molar-refractivity contribution in [2.75, 3.05) is 0 Å². The topological polar surface area (TPSA) is 0 Å². The minimum Gasteiger partial charge on any atom is -0.0616 e. The molecule has 0 heterocycles. The summed E-state index contributed by atoms with van der Waals surface area (Å²) in [6.07, 6.45) is 0. The number of aryl methyl sites for hydroxylation is 1. The smallest absolute Gasteiger partial charge is 0.00205 e. The van der Waals surface area contributed by atoms with E-state index in [1.165, 1.54) is 81.7 Å². The largest absolute Gasteiger partial charge is 0.0616 e. The van der Waals surface area contributed by atoms with Crippen molar-refractivity contribution in [2.45, 2.75) is 6.92 Å². The average Bonchev–Trinajstić information content (AvgIpc) is 2.96. The van der Waals surface area contributed by atoms with Crippen molar-refractivity contribution in [2.24, 2.45) is 0 Å². The van der Waals surface area contributed by atoms with Crippen molar-refractivity contribution in [1.82, 2.24) is 0 Å². The molecule has 0 amide bonds. The van der Waals surface area contributed by atoms with Crippen molar-refractivity contribution in [3.05, 3.63) is 133 Å². The van der Waals surface area contributed by atoms with Gasteiger partial charge in [-0.25, -0.2) is 0 Å². The molecule has 8 aromatic rings. The van der Waals surface area contributed by atoms with Gasteiger partial charge in [-0.1, -0.05) is 109 Å². The van der Waals surface area contributed by atoms with E-state index in [9.17, 15) is 0 Å². The summed E-state index contributed by atoms with van der Waals surface area (Å²) in [5.74, 6) is 0. The number of rotatable bonds is 2. The Balaban J connectivity index is 1.28. The van der Waals surface area contributed by atoms with E-state index in [1.54, 1.807) is 0 Å². The zero-order valence-corrected chi connectivity index (χ0v) is 20.6. The van der Waals surface area contributed by atoms with Gasteiger partial charge in [0.1, 0.15) is 0 Å². The summed E-state index contributed by atoms with van der Waals surface area (Å²) in [6.45, 7) is 2.21. The molecule has 0 nitrogen and oxygen atoms in total. The molecule has 0 spiro atoms. The third-order valence-corrected chi connectivity index (χ3v) is 8.12. The fourth-order valence-electron chi connectivity index (χ4n) is 6.16. The van der Waals surface area contributed by atoms with Gasteiger partial charge >= 0.3 is 0 Å². The average molecular weight is 469 g/mol. The third-order valence-electron chi connectivity index (χ3n) is 8.12. The Morgan fingerprint density at radius 2 is 0.838 bits per heavy atom. The van der Waals surface area contributed by atoms with Crippen LogP contribution in [0.4, 0.5) is 0 Å². The first-order chi connectivity index (χ1) is 18.2. The number of benzene rings is 8. The zero-order valence-electron chi connectivity index (χ0n) is 20.6. The fraction of sp³-hybridized carbons (Fsp3) is 0.0270. The Labute approximate surface area is 215 Å². The first-order valence-electron chi connectivity index (χ1n) is 12.9. The molecular weight excluding hydrogens is 444 g/mol. The molecule has 0 saturated carbocycles. The molecular formula is C37H24. The van der Waals surface area contributed by atoms with Gasteiger partial charge in [0.25, 0.3) is 0 Å². The van der Waals surface area contributed by atoms with Gasteiger partial charge in [-0.05, 0) is 107 Å². The van der Waals surface area contributed by atoms with Crippen LogP contribution in [-0.2, 0) is 0 Å². The monoisotopic (exact) mass is 468 g/mol. The number of fused-ring (bicyclic) bond motifs is 2. The van der Waals surface area contributed by atoms with Crippen molar-refractivity contribution in [3.8, 4) is 22.3 Å². The SMILES string of the molecule is Cc1ccc2ccc3c(-c4ccc5cc(-c6ccc7ccccc7c6)ccc5c4)ccc4ccc1c2c43. The molecule has 8 rings (SSSR count). The van der Waals surface area contributed by atoms with Gasteiger partial charge in [0.2, 0.25) is 0 Å². The van der Waals surface area contributed by atoms with E-state index >= 15 is 0 Å². The van der Waals surface area contributed by atoms with Gasteiger partial charge in [0.15, 0.2) is 0 Å². The lowest BCUT2D eigenvalue weighted by Crippen LogP contribution is -1.89. The van der Waals surface area contributed by atoms with Crippen LogP contribution in [0.5, 0.6) is 0 Å². The molecule has 0 bridgehead atoms. The highest BCUT2D eigenvalue weighted by Crippen LogP contribution is 2.40. The number of hydrogen-bond donors (Lipinski definition) is 0. The van der Waals surface area contributed by atoms with Gasteiger partial charge < -0.3 is 0 Å². The van der Waals surface area contributed by atoms with Crippen LogP contribution in [0.2, 0.25) is 0 Å². The Kier molecular flexibility index (Phi) is 4.24. The van der Waals surface area contributed by atoms with E-state index in [0.29, 0.717) is 0 Å². The molecule has 0 saturated heterocycles. The normalized spacial score (nSPS) is 11.9. The Morgan fingerprint density at radius 3 is 1.59 bits per heavy atom. The third kappa shape index (κ3) is 3.09. The lowest BCUT2D eigenvalue weighted by atomic mass is 9.88. The van der Waals surface area contributed by atoms with Crippen LogP contribution in [0.1, 0.15) is 5.56 Å². The first kappa shape index (κ1) is 20.5. The summed E-state index contributed by atoms with van der Waals surface area (Å²) < 4.78 is 0. The second-order valence-electron chi connectivity index (χ2n) is 10.3. The van der Waals surface area contributed by atoms with Crippen LogP contribution in [0.3, 0.4) is 0 Å². The maximum atomic E-state index is 2.34. The van der Waals surface area contributed by atoms with E-state index in [4.69, 9.17) is 0 Å². The summed E-state index contributed by atoms with van der Waals surface area (Å²) in [5, 5.41) is 13.2. The molecule has 0 aliphatic heterocycles.